The number of hydrogen-bond donors (Lipinski definition) is 2. The summed E-state index contributed by atoms with van der Waals surface area (Å²) in [7, 11) is 0. The third kappa shape index (κ3) is 5.84. The van der Waals surface area contributed by atoms with E-state index in [2.05, 4.69) is 27.4 Å². The number of aromatic amines is 1. The summed E-state index contributed by atoms with van der Waals surface area (Å²) in [6.07, 6.45) is 4.75. The number of H-pyrrole nitrogens is 1. The predicted molar refractivity (Wildman–Crippen MR) is 145 cm³/mol. The topological polar surface area (TPSA) is 123 Å². The molecule has 2 atom stereocenters. The van der Waals surface area contributed by atoms with Crippen molar-refractivity contribution in [3.63, 3.8) is 0 Å². The molecule has 1 unspecified atom stereocenters. The molecule has 1 saturated heterocycles. The standard InChI is InChI=1S/C29H38FN5O5/c1-16-6-8-18(9-7-16)24(33-27(36)20-14-39-34-17(20)2)26-31-21-11-10-19(23(30)25(21)32-26)22-15-38-13-12-35(22)28(37)40-29(3,4)5/h10-11,14,16,18,22,24H,6-9,12-13,15H2,1-5H3,(H,31,32)(H,33,36)/t16-,18-,22?,24-/m0/s1. The molecule has 2 fully saturated rings. The zero-order chi connectivity index (χ0) is 28.6. The first kappa shape index (κ1) is 28.1. The number of ether oxygens (including phenoxy) is 2. The average Bonchev–Trinajstić information content (AvgIpc) is 3.54. The van der Waals surface area contributed by atoms with Crippen molar-refractivity contribution in [2.24, 2.45) is 11.8 Å². The van der Waals surface area contributed by atoms with Gasteiger partial charge in [-0.05, 0) is 58.4 Å². The zero-order valence-corrected chi connectivity index (χ0v) is 23.8. The lowest BCUT2D eigenvalue weighted by Gasteiger charge is -2.36. The minimum atomic E-state index is -0.680. The van der Waals surface area contributed by atoms with Crippen LogP contribution in [0.15, 0.2) is 22.9 Å². The lowest BCUT2D eigenvalue weighted by atomic mass is 9.79. The minimum Gasteiger partial charge on any atom is -0.444 e. The van der Waals surface area contributed by atoms with Crippen molar-refractivity contribution in [2.45, 2.75) is 78.0 Å². The molecule has 11 heteroatoms. The van der Waals surface area contributed by atoms with Gasteiger partial charge in [-0.2, -0.15) is 0 Å². The Balaban J connectivity index is 1.47. The van der Waals surface area contributed by atoms with Crippen LogP contribution in [0.3, 0.4) is 0 Å². The quantitative estimate of drug-likeness (QED) is 0.420. The van der Waals surface area contributed by atoms with Crippen molar-refractivity contribution < 1.29 is 28.0 Å². The summed E-state index contributed by atoms with van der Waals surface area (Å²) in [5.41, 5.74) is 1.16. The van der Waals surface area contributed by atoms with E-state index in [0.717, 1.165) is 25.7 Å². The van der Waals surface area contributed by atoms with Gasteiger partial charge in [0, 0.05) is 12.1 Å². The van der Waals surface area contributed by atoms with E-state index in [1.165, 1.54) is 11.2 Å². The van der Waals surface area contributed by atoms with Crippen LogP contribution in [0.1, 0.15) is 92.9 Å². The smallest absolute Gasteiger partial charge is 0.410 e. The number of nitrogens with zero attached hydrogens (tertiary/aromatic N) is 3. The SMILES string of the molecule is Cc1nocc1C(=O)N[C@H](c1nc2c(F)c(C3COCCN3C(=O)OC(C)(C)C)ccc2[nH]1)[C@H]1CC[C@H](C)CC1. The molecule has 3 heterocycles. The third-order valence-corrected chi connectivity index (χ3v) is 7.86. The molecule has 1 aromatic carbocycles. The van der Waals surface area contributed by atoms with Crippen LogP contribution in [-0.2, 0) is 9.47 Å². The summed E-state index contributed by atoms with van der Waals surface area (Å²) in [5.74, 6) is 0.418. The number of carbonyl (C=O) groups is 2. The lowest BCUT2D eigenvalue weighted by Crippen LogP contribution is -2.46. The van der Waals surface area contributed by atoms with E-state index >= 15 is 4.39 Å². The number of aromatic nitrogens is 3. The van der Waals surface area contributed by atoms with Gasteiger partial charge in [0.05, 0.1) is 36.5 Å². The molecule has 0 bridgehead atoms. The summed E-state index contributed by atoms with van der Waals surface area (Å²) in [6, 6.07) is 2.33. The van der Waals surface area contributed by atoms with Crippen LogP contribution in [0.25, 0.3) is 11.0 Å². The van der Waals surface area contributed by atoms with E-state index in [9.17, 15) is 9.59 Å². The fourth-order valence-electron chi connectivity index (χ4n) is 5.64. The van der Waals surface area contributed by atoms with Crippen LogP contribution in [0.5, 0.6) is 0 Å². The Hall–Kier alpha value is -3.47. The first-order valence-electron chi connectivity index (χ1n) is 14.0. The number of fused-ring (bicyclic) bond motifs is 1. The van der Waals surface area contributed by atoms with Gasteiger partial charge in [-0.25, -0.2) is 14.2 Å². The Bertz CT molecular complexity index is 1370. The van der Waals surface area contributed by atoms with Crippen molar-refractivity contribution in [3.8, 4) is 0 Å². The van der Waals surface area contributed by atoms with Crippen LogP contribution in [-0.4, -0.2) is 57.4 Å². The lowest BCUT2D eigenvalue weighted by molar-refractivity contribution is -0.0337. The second-order valence-electron chi connectivity index (χ2n) is 12.0. The van der Waals surface area contributed by atoms with Crippen molar-refractivity contribution >= 4 is 23.0 Å². The molecule has 2 aliphatic rings. The molecular weight excluding hydrogens is 517 g/mol. The van der Waals surface area contributed by atoms with Crippen molar-refractivity contribution in [3.05, 3.63) is 46.9 Å². The molecule has 5 rings (SSSR count). The highest BCUT2D eigenvalue weighted by molar-refractivity contribution is 5.95. The molecule has 2 aromatic heterocycles. The Morgan fingerprint density at radius 1 is 1.23 bits per heavy atom. The number of carbonyl (C=O) groups excluding carboxylic acids is 2. The first-order chi connectivity index (χ1) is 19.0. The molecule has 2 N–H and O–H groups in total. The fraction of sp³-hybridized carbons (Fsp3) is 0.586. The van der Waals surface area contributed by atoms with E-state index in [0.29, 0.717) is 47.2 Å². The maximum absolute atomic E-state index is 16.1. The van der Waals surface area contributed by atoms with E-state index in [-0.39, 0.29) is 23.9 Å². The number of halogens is 1. The minimum absolute atomic E-state index is 0.137. The van der Waals surface area contributed by atoms with Gasteiger partial charge in [-0.1, -0.05) is 31.0 Å². The third-order valence-electron chi connectivity index (χ3n) is 7.86. The van der Waals surface area contributed by atoms with Gasteiger partial charge < -0.3 is 24.3 Å². The van der Waals surface area contributed by atoms with Crippen molar-refractivity contribution in [1.82, 2.24) is 25.3 Å². The molecule has 2 amide bonds. The number of benzene rings is 1. The van der Waals surface area contributed by atoms with Crippen LogP contribution >= 0.6 is 0 Å². The molecule has 0 radical (unpaired) electrons. The van der Waals surface area contributed by atoms with Gasteiger partial charge >= 0.3 is 6.09 Å². The van der Waals surface area contributed by atoms with Crippen LogP contribution < -0.4 is 5.32 Å². The Labute approximate surface area is 233 Å². The normalized spacial score (nSPS) is 22.8. The molecule has 1 aliphatic carbocycles. The molecular formula is C29H38FN5O5. The Morgan fingerprint density at radius 2 is 1.98 bits per heavy atom. The highest BCUT2D eigenvalue weighted by atomic mass is 19.1. The van der Waals surface area contributed by atoms with Crippen LogP contribution in [0.2, 0.25) is 0 Å². The van der Waals surface area contributed by atoms with Crippen LogP contribution in [0, 0.1) is 24.6 Å². The van der Waals surface area contributed by atoms with Gasteiger partial charge in [-0.15, -0.1) is 0 Å². The van der Waals surface area contributed by atoms with Gasteiger partial charge in [0.25, 0.3) is 5.91 Å². The van der Waals surface area contributed by atoms with E-state index in [1.54, 1.807) is 39.8 Å². The highest BCUT2D eigenvalue weighted by Crippen LogP contribution is 2.38. The molecule has 10 nitrogen and oxygen atoms in total. The second-order valence-corrected chi connectivity index (χ2v) is 12.0. The van der Waals surface area contributed by atoms with E-state index in [4.69, 9.17) is 14.0 Å². The number of nitrogens with one attached hydrogen (secondary N) is 2. The van der Waals surface area contributed by atoms with Crippen molar-refractivity contribution in [2.75, 3.05) is 19.8 Å². The number of hydrogen-bond acceptors (Lipinski definition) is 7. The number of imidazole rings is 1. The first-order valence-corrected chi connectivity index (χ1v) is 14.0. The Kier molecular flexibility index (Phi) is 7.85. The molecule has 3 aromatic rings. The Morgan fingerprint density at radius 3 is 2.65 bits per heavy atom. The second kappa shape index (κ2) is 11.2. The molecule has 40 heavy (non-hydrogen) atoms. The fourth-order valence-corrected chi connectivity index (χ4v) is 5.64. The summed E-state index contributed by atoms with van der Waals surface area (Å²) in [4.78, 5) is 35.6. The number of rotatable bonds is 5. The molecule has 1 aliphatic heterocycles. The van der Waals surface area contributed by atoms with Crippen molar-refractivity contribution in [1.29, 1.82) is 0 Å². The van der Waals surface area contributed by atoms with E-state index in [1.807, 2.05) is 0 Å². The summed E-state index contributed by atoms with van der Waals surface area (Å²) >= 11 is 0. The largest absolute Gasteiger partial charge is 0.444 e. The summed E-state index contributed by atoms with van der Waals surface area (Å²) in [5, 5.41) is 6.94. The molecule has 1 saturated carbocycles. The monoisotopic (exact) mass is 555 g/mol. The average molecular weight is 556 g/mol. The maximum atomic E-state index is 16.1. The summed E-state index contributed by atoms with van der Waals surface area (Å²) < 4.78 is 32.3. The van der Waals surface area contributed by atoms with Gasteiger partial charge in [-0.3, -0.25) is 9.69 Å². The van der Waals surface area contributed by atoms with Gasteiger partial charge in [0.15, 0.2) is 5.82 Å². The zero-order valence-electron chi connectivity index (χ0n) is 23.8. The number of morpholine rings is 1. The van der Waals surface area contributed by atoms with Gasteiger partial charge in [0.2, 0.25) is 0 Å². The molecule has 0 spiro atoms. The molecule has 216 valence electrons. The highest BCUT2D eigenvalue weighted by Gasteiger charge is 2.36. The summed E-state index contributed by atoms with van der Waals surface area (Å²) in [6.45, 7) is 10.1. The maximum Gasteiger partial charge on any atom is 0.410 e. The number of amides is 2. The van der Waals surface area contributed by atoms with Crippen LogP contribution in [0.4, 0.5) is 9.18 Å². The van der Waals surface area contributed by atoms with Gasteiger partial charge in [0.1, 0.15) is 28.8 Å². The predicted octanol–water partition coefficient (Wildman–Crippen LogP) is 5.60. The van der Waals surface area contributed by atoms with E-state index < -0.39 is 29.6 Å². The number of aryl methyl sites for hydroxylation is 1.